The van der Waals surface area contributed by atoms with Gasteiger partial charge in [-0.3, -0.25) is 9.89 Å². The highest BCUT2D eigenvalue weighted by Crippen LogP contribution is 2.31. The van der Waals surface area contributed by atoms with Gasteiger partial charge >= 0.3 is 0 Å². The highest BCUT2D eigenvalue weighted by atomic mass is 16.5. The number of imidazole rings is 1. The van der Waals surface area contributed by atoms with Crippen molar-refractivity contribution in [2.24, 2.45) is 0 Å². The first-order chi connectivity index (χ1) is 18.2. The average Bonchev–Trinajstić information content (AvgIpc) is 3.59. The lowest BCUT2D eigenvalue weighted by Crippen LogP contribution is -2.39. The van der Waals surface area contributed by atoms with Crippen LogP contribution in [0, 0.1) is 0 Å². The molecule has 0 spiro atoms. The molecule has 0 unspecified atom stereocenters. The molecule has 7 nitrogen and oxygen atoms in total. The summed E-state index contributed by atoms with van der Waals surface area (Å²) in [4.78, 5) is 20.2. The predicted octanol–water partition coefficient (Wildman–Crippen LogP) is 5.50. The van der Waals surface area contributed by atoms with E-state index in [1.807, 2.05) is 59.5 Å². The number of hydrogen-bond donors (Lipinski definition) is 1. The molecule has 0 aliphatic carbocycles. The van der Waals surface area contributed by atoms with Crippen LogP contribution >= 0.6 is 0 Å². The van der Waals surface area contributed by atoms with Gasteiger partial charge in [0.1, 0.15) is 17.3 Å². The van der Waals surface area contributed by atoms with Crippen molar-refractivity contribution < 1.29 is 9.53 Å². The van der Waals surface area contributed by atoms with Crippen molar-refractivity contribution in [3.8, 4) is 17.0 Å². The summed E-state index contributed by atoms with van der Waals surface area (Å²) in [5.41, 5.74) is 5.66. The number of benzene rings is 3. The number of hydrogen-bond acceptors (Lipinski definition) is 4. The van der Waals surface area contributed by atoms with Gasteiger partial charge in [-0.1, -0.05) is 54.6 Å². The van der Waals surface area contributed by atoms with Crippen LogP contribution in [0.3, 0.4) is 0 Å². The fourth-order valence-corrected chi connectivity index (χ4v) is 5.24. The van der Waals surface area contributed by atoms with E-state index in [2.05, 4.69) is 45.1 Å². The molecule has 1 fully saturated rings. The molecule has 0 bridgehead atoms. The van der Waals surface area contributed by atoms with Gasteiger partial charge in [0.25, 0.3) is 5.91 Å². The van der Waals surface area contributed by atoms with Crippen LogP contribution in [-0.4, -0.2) is 50.8 Å². The summed E-state index contributed by atoms with van der Waals surface area (Å²) in [5.74, 6) is 1.90. The van der Waals surface area contributed by atoms with E-state index in [0.29, 0.717) is 18.8 Å². The molecular formula is C30H29N5O2. The molecule has 0 atom stereocenters. The van der Waals surface area contributed by atoms with E-state index in [9.17, 15) is 4.79 Å². The number of fused-ring (bicyclic) bond motifs is 1. The monoisotopic (exact) mass is 491 g/mol. The summed E-state index contributed by atoms with van der Waals surface area (Å²) < 4.78 is 7.71. The lowest BCUT2D eigenvalue weighted by molar-refractivity contribution is 0.0689. The van der Waals surface area contributed by atoms with Crippen molar-refractivity contribution in [1.82, 2.24) is 24.6 Å². The van der Waals surface area contributed by atoms with Gasteiger partial charge in [-0.2, -0.15) is 5.10 Å². The van der Waals surface area contributed by atoms with Crippen molar-refractivity contribution in [2.75, 3.05) is 20.2 Å². The molecule has 7 heteroatoms. The summed E-state index contributed by atoms with van der Waals surface area (Å²) in [5, 5.41) is 7.31. The van der Waals surface area contributed by atoms with E-state index in [4.69, 9.17) is 9.72 Å². The minimum atomic E-state index is 0.00192. The molecule has 1 saturated heterocycles. The topological polar surface area (TPSA) is 76.0 Å². The Balaban J connectivity index is 1.20. The minimum Gasteiger partial charge on any atom is -0.497 e. The Morgan fingerprint density at radius 1 is 0.973 bits per heavy atom. The SMILES string of the molecule is COc1ccc(Cc2nc3ccccc3n2C2CCN(C(=O)c3cc(-c4ccccc4)n[nH]3)CC2)cc1. The summed E-state index contributed by atoms with van der Waals surface area (Å²) in [6.07, 6.45) is 2.50. The number of carbonyl (C=O) groups is 1. The molecule has 3 heterocycles. The summed E-state index contributed by atoms with van der Waals surface area (Å²) in [7, 11) is 1.68. The van der Waals surface area contributed by atoms with Gasteiger partial charge in [-0.15, -0.1) is 0 Å². The second-order valence-corrected chi connectivity index (χ2v) is 9.47. The fourth-order valence-electron chi connectivity index (χ4n) is 5.24. The van der Waals surface area contributed by atoms with Crippen LogP contribution in [0.5, 0.6) is 5.75 Å². The van der Waals surface area contributed by atoms with Gasteiger partial charge in [0.2, 0.25) is 0 Å². The first-order valence-electron chi connectivity index (χ1n) is 12.7. The van der Waals surface area contributed by atoms with E-state index in [1.54, 1.807) is 7.11 Å². The molecule has 0 saturated carbocycles. The van der Waals surface area contributed by atoms with Gasteiger partial charge in [0.05, 0.1) is 23.8 Å². The number of nitrogens with zero attached hydrogens (tertiary/aromatic N) is 4. The van der Waals surface area contributed by atoms with Gasteiger partial charge < -0.3 is 14.2 Å². The largest absolute Gasteiger partial charge is 0.497 e. The van der Waals surface area contributed by atoms with Crippen LogP contribution in [-0.2, 0) is 6.42 Å². The number of carbonyl (C=O) groups excluding carboxylic acids is 1. The zero-order valence-corrected chi connectivity index (χ0v) is 20.8. The lowest BCUT2D eigenvalue weighted by atomic mass is 10.0. The fraction of sp³-hybridized carbons (Fsp3) is 0.233. The Hall–Kier alpha value is -4.39. The second-order valence-electron chi connectivity index (χ2n) is 9.47. The number of H-pyrrole nitrogens is 1. The van der Waals surface area contributed by atoms with Crippen LogP contribution < -0.4 is 4.74 Å². The maximum Gasteiger partial charge on any atom is 0.271 e. The van der Waals surface area contributed by atoms with Gasteiger partial charge in [-0.05, 0) is 48.7 Å². The quantitative estimate of drug-likeness (QED) is 0.340. The molecule has 37 heavy (non-hydrogen) atoms. The van der Waals surface area contributed by atoms with E-state index >= 15 is 0 Å². The number of aromatic amines is 1. The third-order valence-electron chi connectivity index (χ3n) is 7.18. The number of nitrogens with one attached hydrogen (secondary N) is 1. The lowest BCUT2D eigenvalue weighted by Gasteiger charge is -2.33. The third kappa shape index (κ3) is 4.60. The molecule has 6 rings (SSSR count). The van der Waals surface area contributed by atoms with Crippen molar-refractivity contribution in [1.29, 1.82) is 0 Å². The van der Waals surface area contributed by atoms with Crippen LogP contribution in [0.4, 0.5) is 0 Å². The first kappa shape index (κ1) is 23.0. The van der Waals surface area contributed by atoms with E-state index in [0.717, 1.165) is 53.1 Å². The second kappa shape index (κ2) is 9.93. The zero-order valence-electron chi connectivity index (χ0n) is 20.8. The Kier molecular flexibility index (Phi) is 6.18. The number of piperidine rings is 1. The van der Waals surface area contributed by atoms with Crippen molar-refractivity contribution in [2.45, 2.75) is 25.3 Å². The van der Waals surface area contributed by atoms with Gasteiger partial charge in [0.15, 0.2) is 0 Å². The number of ether oxygens (including phenoxy) is 1. The van der Waals surface area contributed by atoms with Crippen molar-refractivity contribution in [3.63, 3.8) is 0 Å². The number of likely N-dealkylation sites (tertiary alicyclic amines) is 1. The molecule has 1 aliphatic heterocycles. The average molecular weight is 492 g/mol. The highest BCUT2D eigenvalue weighted by molar-refractivity contribution is 5.93. The maximum absolute atomic E-state index is 13.2. The zero-order chi connectivity index (χ0) is 25.2. The third-order valence-corrected chi connectivity index (χ3v) is 7.18. The molecule has 1 aliphatic rings. The van der Waals surface area contributed by atoms with E-state index < -0.39 is 0 Å². The normalized spacial score (nSPS) is 14.2. The standard InChI is InChI=1S/C30H29N5O2/c1-37-24-13-11-21(12-14-24)19-29-31-25-9-5-6-10-28(25)35(29)23-15-17-34(18-16-23)30(36)27-20-26(32-33-27)22-7-3-2-4-8-22/h2-14,20,23H,15-19H2,1H3,(H,32,33). The Bertz CT molecular complexity index is 1510. The highest BCUT2D eigenvalue weighted by Gasteiger charge is 2.28. The number of aromatic nitrogens is 4. The summed E-state index contributed by atoms with van der Waals surface area (Å²) in [6, 6.07) is 28.5. The molecular weight excluding hydrogens is 462 g/mol. The molecule has 1 N–H and O–H groups in total. The van der Waals surface area contributed by atoms with Crippen LogP contribution in [0.2, 0.25) is 0 Å². The first-order valence-corrected chi connectivity index (χ1v) is 12.7. The van der Waals surface area contributed by atoms with Gasteiger partial charge in [-0.25, -0.2) is 4.98 Å². The molecule has 5 aromatic rings. The number of rotatable bonds is 6. The number of methoxy groups -OCH3 is 1. The smallest absolute Gasteiger partial charge is 0.271 e. The number of para-hydroxylation sites is 2. The van der Waals surface area contributed by atoms with Crippen LogP contribution in [0.1, 0.15) is 40.8 Å². The Morgan fingerprint density at radius 3 is 2.46 bits per heavy atom. The molecule has 1 amide bonds. The summed E-state index contributed by atoms with van der Waals surface area (Å²) in [6.45, 7) is 1.38. The minimum absolute atomic E-state index is 0.00192. The van der Waals surface area contributed by atoms with E-state index in [-0.39, 0.29) is 11.9 Å². The van der Waals surface area contributed by atoms with Gasteiger partial charge in [0, 0.05) is 31.1 Å². The molecule has 2 aromatic heterocycles. The summed E-state index contributed by atoms with van der Waals surface area (Å²) >= 11 is 0. The molecule has 0 radical (unpaired) electrons. The Labute approximate surface area is 215 Å². The molecule has 186 valence electrons. The molecule has 3 aromatic carbocycles. The van der Waals surface area contributed by atoms with Crippen molar-refractivity contribution >= 4 is 16.9 Å². The maximum atomic E-state index is 13.2. The van der Waals surface area contributed by atoms with Crippen molar-refractivity contribution in [3.05, 3.63) is 102 Å². The number of amides is 1. The van der Waals surface area contributed by atoms with Crippen LogP contribution in [0.15, 0.2) is 84.9 Å². The van der Waals surface area contributed by atoms with E-state index in [1.165, 1.54) is 5.56 Å². The van der Waals surface area contributed by atoms with Crippen LogP contribution in [0.25, 0.3) is 22.3 Å². The Morgan fingerprint density at radius 2 is 1.70 bits per heavy atom. The predicted molar refractivity (Wildman–Crippen MR) is 144 cm³/mol.